The van der Waals surface area contributed by atoms with E-state index in [0.29, 0.717) is 37.0 Å². The summed E-state index contributed by atoms with van der Waals surface area (Å²) in [5, 5.41) is 12.5. The van der Waals surface area contributed by atoms with Crippen molar-refractivity contribution in [3.8, 4) is 0 Å². The molecule has 0 saturated heterocycles. The van der Waals surface area contributed by atoms with Gasteiger partial charge in [-0.2, -0.15) is 26.3 Å². The van der Waals surface area contributed by atoms with Crippen LogP contribution in [0.25, 0.3) is 0 Å². The van der Waals surface area contributed by atoms with Gasteiger partial charge in [-0.1, -0.05) is 18.2 Å². The standard InChI is InChI=1S/C21H24F7NO2/c1-18(2,31)10-29-17(30)16-8-7-14-13-6-4-12(9-11(13)3-5-15(14)16)19(22,20(23,24)25)21(26,27)28/h4,6,9,14-16,31H,3,5,7-8,10H2,1-2H3,(H,29,30)/t14?,15-,16-/m1/s1. The summed E-state index contributed by atoms with van der Waals surface area (Å²) in [6, 6.07) is 2.38. The van der Waals surface area contributed by atoms with Crippen LogP contribution in [0.2, 0.25) is 0 Å². The summed E-state index contributed by atoms with van der Waals surface area (Å²) in [4.78, 5) is 12.5. The van der Waals surface area contributed by atoms with Crippen molar-refractivity contribution in [3.63, 3.8) is 0 Å². The van der Waals surface area contributed by atoms with Crippen molar-refractivity contribution in [3.05, 3.63) is 34.9 Å². The third-order valence-corrected chi connectivity index (χ3v) is 6.32. The first kappa shape index (κ1) is 23.8. The van der Waals surface area contributed by atoms with E-state index in [1.807, 2.05) is 0 Å². The number of carbonyl (C=O) groups is 1. The van der Waals surface area contributed by atoms with E-state index in [9.17, 15) is 40.6 Å². The molecule has 31 heavy (non-hydrogen) atoms. The zero-order valence-electron chi connectivity index (χ0n) is 17.0. The third kappa shape index (κ3) is 4.27. The van der Waals surface area contributed by atoms with Gasteiger partial charge in [-0.15, -0.1) is 0 Å². The van der Waals surface area contributed by atoms with Gasteiger partial charge in [0.25, 0.3) is 0 Å². The highest BCUT2D eigenvalue weighted by atomic mass is 19.4. The van der Waals surface area contributed by atoms with Gasteiger partial charge in [0.1, 0.15) is 0 Å². The number of carbonyl (C=O) groups excluding carboxylic acids is 1. The van der Waals surface area contributed by atoms with Crippen molar-refractivity contribution in [2.45, 2.75) is 69.1 Å². The highest BCUT2D eigenvalue weighted by molar-refractivity contribution is 5.79. The zero-order valence-corrected chi connectivity index (χ0v) is 17.0. The molecule has 3 atom stereocenters. The van der Waals surface area contributed by atoms with E-state index in [1.165, 1.54) is 0 Å². The molecule has 3 rings (SSSR count). The van der Waals surface area contributed by atoms with Crippen LogP contribution < -0.4 is 5.32 Å². The van der Waals surface area contributed by atoms with Gasteiger partial charge in [0.15, 0.2) is 0 Å². The SMILES string of the molecule is CC(C)(O)CNC(=O)[C@@H]1CCC2c3ccc(C(F)(C(F)(F)F)C(F)(F)F)cc3CC[C@H]21. The summed E-state index contributed by atoms with van der Waals surface area (Å²) in [7, 11) is 0. The fourth-order valence-electron chi connectivity index (χ4n) is 4.82. The number of hydrogen-bond donors (Lipinski definition) is 2. The number of aryl methyl sites for hydroxylation is 1. The number of fused-ring (bicyclic) bond motifs is 3. The number of alkyl halides is 7. The van der Waals surface area contributed by atoms with Crippen LogP contribution in [0.5, 0.6) is 0 Å². The van der Waals surface area contributed by atoms with Gasteiger partial charge in [0, 0.05) is 18.0 Å². The number of nitrogens with one attached hydrogen (secondary N) is 1. The largest absolute Gasteiger partial charge is 0.435 e. The Hall–Kier alpha value is -1.84. The molecule has 2 aliphatic rings. The van der Waals surface area contributed by atoms with E-state index in [-0.39, 0.29) is 42.2 Å². The van der Waals surface area contributed by atoms with Crippen LogP contribution in [0.15, 0.2) is 18.2 Å². The molecule has 174 valence electrons. The van der Waals surface area contributed by atoms with Crippen LogP contribution in [-0.4, -0.2) is 35.5 Å². The molecule has 10 heteroatoms. The Bertz CT molecular complexity index is 828. The van der Waals surface area contributed by atoms with E-state index < -0.39 is 29.2 Å². The van der Waals surface area contributed by atoms with E-state index in [1.54, 1.807) is 13.8 Å². The zero-order chi connectivity index (χ0) is 23.4. The van der Waals surface area contributed by atoms with Crippen LogP contribution in [0, 0.1) is 11.8 Å². The third-order valence-electron chi connectivity index (χ3n) is 6.32. The molecule has 0 spiro atoms. The lowest BCUT2D eigenvalue weighted by molar-refractivity contribution is -0.348. The van der Waals surface area contributed by atoms with E-state index in [0.717, 1.165) is 6.07 Å². The monoisotopic (exact) mass is 455 g/mol. The lowest BCUT2D eigenvalue weighted by Crippen LogP contribution is -2.50. The topological polar surface area (TPSA) is 49.3 Å². The molecule has 0 heterocycles. The average molecular weight is 455 g/mol. The van der Waals surface area contributed by atoms with Crippen LogP contribution in [-0.2, 0) is 16.9 Å². The molecule has 1 fully saturated rings. The molecule has 2 N–H and O–H groups in total. The maximum Gasteiger partial charge on any atom is 0.435 e. The van der Waals surface area contributed by atoms with Gasteiger partial charge < -0.3 is 10.4 Å². The number of aliphatic hydroxyl groups is 1. The Morgan fingerprint density at radius 1 is 1.03 bits per heavy atom. The Morgan fingerprint density at radius 2 is 1.65 bits per heavy atom. The molecular formula is C21H24F7NO2. The van der Waals surface area contributed by atoms with Gasteiger partial charge in [-0.05, 0) is 62.5 Å². The van der Waals surface area contributed by atoms with Crippen molar-refractivity contribution in [2.75, 3.05) is 6.54 Å². The molecule has 1 aromatic carbocycles. The maximum atomic E-state index is 14.4. The van der Waals surface area contributed by atoms with Crippen molar-refractivity contribution in [2.24, 2.45) is 11.8 Å². The van der Waals surface area contributed by atoms with Crippen LogP contribution in [0.1, 0.15) is 55.7 Å². The smallest absolute Gasteiger partial charge is 0.389 e. The summed E-state index contributed by atoms with van der Waals surface area (Å²) in [6.45, 7) is 3.16. The summed E-state index contributed by atoms with van der Waals surface area (Å²) in [5.74, 6) is -0.889. The maximum absolute atomic E-state index is 14.4. The Balaban J connectivity index is 1.86. The van der Waals surface area contributed by atoms with Crippen molar-refractivity contribution in [1.29, 1.82) is 0 Å². The highest BCUT2D eigenvalue weighted by Gasteiger charge is 2.73. The van der Waals surface area contributed by atoms with Crippen LogP contribution in [0.3, 0.4) is 0 Å². The molecule has 0 aliphatic heterocycles. The molecular weight excluding hydrogens is 431 g/mol. The minimum Gasteiger partial charge on any atom is -0.389 e. The number of rotatable bonds is 4. The second-order valence-corrected chi connectivity index (χ2v) is 9.09. The quantitative estimate of drug-likeness (QED) is 0.634. The minimum atomic E-state index is -6.15. The van der Waals surface area contributed by atoms with E-state index in [4.69, 9.17) is 0 Å². The predicted octanol–water partition coefficient (Wildman–Crippen LogP) is 4.92. The number of hydrogen-bond acceptors (Lipinski definition) is 2. The normalized spacial score (nSPS) is 24.5. The number of halogens is 7. The summed E-state index contributed by atoms with van der Waals surface area (Å²) in [5.41, 5.74) is -7.17. The van der Waals surface area contributed by atoms with Gasteiger partial charge in [0.05, 0.1) is 5.60 Å². The van der Waals surface area contributed by atoms with Crippen LogP contribution >= 0.6 is 0 Å². The summed E-state index contributed by atoms with van der Waals surface area (Å²) in [6.07, 6.45) is -10.7. The van der Waals surface area contributed by atoms with Crippen molar-refractivity contribution in [1.82, 2.24) is 5.32 Å². The fourth-order valence-corrected chi connectivity index (χ4v) is 4.82. The Kier molecular flexibility index (Phi) is 5.87. The Labute approximate surface area is 175 Å². The molecule has 3 nitrogen and oxygen atoms in total. The molecule has 1 unspecified atom stereocenters. The highest BCUT2D eigenvalue weighted by Crippen LogP contribution is 2.55. The number of amides is 1. The van der Waals surface area contributed by atoms with E-state index in [2.05, 4.69) is 5.32 Å². The van der Waals surface area contributed by atoms with Gasteiger partial charge in [-0.25, -0.2) is 4.39 Å². The molecule has 1 aromatic rings. The minimum absolute atomic E-state index is 0.0626. The van der Waals surface area contributed by atoms with Crippen molar-refractivity contribution < 1.29 is 40.6 Å². The Morgan fingerprint density at radius 3 is 2.19 bits per heavy atom. The molecule has 2 aliphatic carbocycles. The summed E-state index contributed by atoms with van der Waals surface area (Å²) >= 11 is 0. The first-order valence-corrected chi connectivity index (χ1v) is 10.0. The van der Waals surface area contributed by atoms with Gasteiger partial charge >= 0.3 is 18.0 Å². The van der Waals surface area contributed by atoms with Gasteiger partial charge in [0.2, 0.25) is 5.91 Å². The van der Waals surface area contributed by atoms with E-state index >= 15 is 0 Å². The average Bonchev–Trinajstić information content (AvgIpc) is 3.07. The number of benzene rings is 1. The van der Waals surface area contributed by atoms with Gasteiger partial charge in [-0.3, -0.25) is 4.79 Å². The molecule has 1 saturated carbocycles. The summed E-state index contributed by atoms with van der Waals surface area (Å²) < 4.78 is 92.8. The fraction of sp³-hybridized carbons (Fsp3) is 0.667. The second-order valence-electron chi connectivity index (χ2n) is 9.09. The molecule has 0 radical (unpaired) electrons. The molecule has 0 aromatic heterocycles. The lowest BCUT2D eigenvalue weighted by atomic mass is 9.73. The predicted molar refractivity (Wildman–Crippen MR) is 97.9 cm³/mol. The first-order valence-electron chi connectivity index (χ1n) is 10.0. The second kappa shape index (κ2) is 7.64. The van der Waals surface area contributed by atoms with Crippen LogP contribution in [0.4, 0.5) is 30.7 Å². The van der Waals surface area contributed by atoms with Crippen molar-refractivity contribution >= 4 is 5.91 Å². The first-order chi connectivity index (χ1) is 14.1. The molecule has 0 bridgehead atoms. The lowest BCUT2D eigenvalue weighted by Gasteiger charge is -2.34. The molecule has 1 amide bonds.